The third-order valence-electron chi connectivity index (χ3n) is 5.19. The van der Waals surface area contributed by atoms with E-state index in [4.69, 9.17) is 9.47 Å². The highest BCUT2D eigenvalue weighted by Crippen LogP contribution is 2.49. The molecule has 1 aliphatic carbocycles. The first-order valence-corrected chi connectivity index (χ1v) is 9.15. The van der Waals surface area contributed by atoms with E-state index in [9.17, 15) is 9.59 Å². The molecule has 0 spiro atoms. The van der Waals surface area contributed by atoms with Crippen molar-refractivity contribution in [1.29, 1.82) is 0 Å². The Morgan fingerprint density at radius 1 is 1.27 bits per heavy atom. The molecule has 3 rings (SSSR count). The van der Waals surface area contributed by atoms with Gasteiger partial charge in [0.15, 0.2) is 0 Å². The molecule has 0 bridgehead atoms. The van der Waals surface area contributed by atoms with Crippen molar-refractivity contribution in [2.45, 2.75) is 51.9 Å². The number of rotatable bonds is 3. The van der Waals surface area contributed by atoms with Crippen LogP contribution in [0.15, 0.2) is 30.3 Å². The van der Waals surface area contributed by atoms with E-state index in [1.165, 1.54) is 0 Å². The van der Waals surface area contributed by atoms with Gasteiger partial charge in [0, 0.05) is 19.0 Å². The van der Waals surface area contributed by atoms with E-state index >= 15 is 0 Å². The van der Waals surface area contributed by atoms with Gasteiger partial charge in [0.25, 0.3) is 0 Å². The maximum Gasteiger partial charge on any atom is 0.410 e. The molecule has 0 unspecified atom stereocenters. The Labute approximate surface area is 154 Å². The zero-order valence-electron chi connectivity index (χ0n) is 16.0. The highest BCUT2D eigenvalue weighted by atomic mass is 16.6. The lowest BCUT2D eigenvalue weighted by Crippen LogP contribution is -2.64. The molecule has 1 heterocycles. The number of carbonyl (C=O) groups is 2. The van der Waals surface area contributed by atoms with Gasteiger partial charge in [-0.3, -0.25) is 0 Å². The van der Waals surface area contributed by atoms with E-state index in [2.05, 4.69) is 12.2 Å². The second-order valence-electron chi connectivity index (χ2n) is 8.49. The Balaban J connectivity index is 1.58. The zero-order valence-corrected chi connectivity index (χ0v) is 16.0. The molecule has 2 amide bonds. The second kappa shape index (κ2) is 6.82. The Bertz CT molecular complexity index is 670. The van der Waals surface area contributed by atoms with Gasteiger partial charge in [-0.05, 0) is 38.7 Å². The van der Waals surface area contributed by atoms with Crippen LogP contribution in [0.1, 0.15) is 39.7 Å². The molecule has 1 aromatic carbocycles. The topological polar surface area (TPSA) is 67.9 Å². The summed E-state index contributed by atoms with van der Waals surface area (Å²) < 4.78 is 10.8. The fourth-order valence-corrected chi connectivity index (χ4v) is 4.07. The molecular formula is C20H28N2O4. The summed E-state index contributed by atoms with van der Waals surface area (Å²) in [5.41, 5.74) is 0.0180. The number of carbonyl (C=O) groups excluding carboxylic acids is 2. The van der Waals surface area contributed by atoms with E-state index < -0.39 is 17.2 Å². The Kier molecular flexibility index (Phi) is 4.86. The van der Waals surface area contributed by atoms with Gasteiger partial charge in [0.05, 0.1) is 5.54 Å². The highest BCUT2D eigenvalue weighted by Gasteiger charge is 2.59. The second-order valence-corrected chi connectivity index (χ2v) is 8.49. The van der Waals surface area contributed by atoms with Crippen LogP contribution in [-0.2, 0) is 16.1 Å². The van der Waals surface area contributed by atoms with Crippen molar-refractivity contribution in [3.63, 3.8) is 0 Å². The standard InChI is InChI=1S/C20H28N2O4/c1-14-10-20(21-17(23)26-19(2,3)4)13-22(11-16(14)20)18(24)25-12-15-8-6-5-7-9-15/h5-9,14,16H,10-13H2,1-4H3,(H,21,23)/t14-,16+,20-/m0/s1. The van der Waals surface area contributed by atoms with Crippen LogP contribution in [0.25, 0.3) is 0 Å². The van der Waals surface area contributed by atoms with Gasteiger partial charge in [0.2, 0.25) is 0 Å². The predicted molar refractivity (Wildman–Crippen MR) is 97.6 cm³/mol. The summed E-state index contributed by atoms with van der Waals surface area (Å²) in [6.45, 7) is 8.99. The number of hydrogen-bond donors (Lipinski definition) is 1. The van der Waals surface area contributed by atoms with Crippen LogP contribution in [0, 0.1) is 11.8 Å². The molecule has 26 heavy (non-hydrogen) atoms. The van der Waals surface area contributed by atoms with Gasteiger partial charge in [0.1, 0.15) is 12.2 Å². The van der Waals surface area contributed by atoms with Crippen LogP contribution in [-0.4, -0.2) is 41.3 Å². The van der Waals surface area contributed by atoms with Gasteiger partial charge < -0.3 is 19.7 Å². The summed E-state index contributed by atoms with van der Waals surface area (Å²) >= 11 is 0. The highest BCUT2D eigenvalue weighted by molar-refractivity contribution is 5.71. The number of fused-ring (bicyclic) bond motifs is 1. The van der Waals surface area contributed by atoms with Crippen LogP contribution in [0.3, 0.4) is 0 Å². The van der Waals surface area contributed by atoms with E-state index in [-0.39, 0.29) is 18.6 Å². The molecule has 1 aromatic rings. The van der Waals surface area contributed by atoms with Gasteiger partial charge in [-0.2, -0.15) is 0 Å². The maximum absolute atomic E-state index is 12.5. The van der Waals surface area contributed by atoms with Crippen LogP contribution >= 0.6 is 0 Å². The summed E-state index contributed by atoms with van der Waals surface area (Å²) in [5, 5.41) is 3.03. The third kappa shape index (κ3) is 3.94. The predicted octanol–water partition coefficient (Wildman–Crippen LogP) is 3.56. The first-order valence-electron chi connectivity index (χ1n) is 9.15. The average Bonchev–Trinajstić information content (AvgIpc) is 2.84. The fraction of sp³-hybridized carbons (Fsp3) is 0.600. The fourth-order valence-electron chi connectivity index (χ4n) is 4.07. The lowest BCUT2D eigenvalue weighted by Gasteiger charge is -2.49. The molecule has 2 aliphatic rings. The lowest BCUT2D eigenvalue weighted by molar-refractivity contribution is 0.0172. The van der Waals surface area contributed by atoms with Crippen molar-refractivity contribution in [3.05, 3.63) is 35.9 Å². The van der Waals surface area contributed by atoms with Crippen molar-refractivity contribution in [2.75, 3.05) is 13.1 Å². The molecule has 1 saturated heterocycles. The van der Waals surface area contributed by atoms with Gasteiger partial charge in [-0.25, -0.2) is 9.59 Å². The van der Waals surface area contributed by atoms with Gasteiger partial charge in [-0.15, -0.1) is 0 Å². The van der Waals surface area contributed by atoms with E-state index in [0.29, 0.717) is 19.0 Å². The summed E-state index contributed by atoms with van der Waals surface area (Å²) in [5.74, 6) is 0.691. The van der Waals surface area contributed by atoms with Crippen LogP contribution in [0.5, 0.6) is 0 Å². The van der Waals surface area contributed by atoms with E-state index in [1.807, 2.05) is 51.1 Å². The molecule has 1 saturated carbocycles. The molecule has 1 N–H and O–H groups in total. The van der Waals surface area contributed by atoms with Gasteiger partial charge >= 0.3 is 12.2 Å². The minimum absolute atomic E-state index is 0.235. The van der Waals surface area contributed by atoms with Crippen LogP contribution < -0.4 is 5.32 Å². The number of likely N-dealkylation sites (tertiary alicyclic amines) is 1. The molecule has 142 valence electrons. The number of nitrogens with one attached hydrogen (secondary N) is 1. The number of benzene rings is 1. The number of amides is 2. The van der Waals surface area contributed by atoms with E-state index in [1.54, 1.807) is 4.90 Å². The minimum atomic E-state index is -0.543. The molecular weight excluding hydrogens is 332 g/mol. The minimum Gasteiger partial charge on any atom is -0.445 e. The number of nitrogens with zero attached hydrogens (tertiary/aromatic N) is 1. The monoisotopic (exact) mass is 360 g/mol. The van der Waals surface area contributed by atoms with Crippen molar-refractivity contribution < 1.29 is 19.1 Å². The Hall–Kier alpha value is -2.24. The average molecular weight is 360 g/mol. The number of ether oxygens (including phenoxy) is 2. The van der Waals surface area contributed by atoms with E-state index in [0.717, 1.165) is 12.0 Å². The Morgan fingerprint density at radius 3 is 2.58 bits per heavy atom. The molecule has 0 radical (unpaired) electrons. The summed E-state index contributed by atoms with van der Waals surface area (Å²) in [6.07, 6.45) is 0.0917. The summed E-state index contributed by atoms with van der Waals surface area (Å²) in [4.78, 5) is 26.4. The van der Waals surface area contributed by atoms with Crippen molar-refractivity contribution in [1.82, 2.24) is 10.2 Å². The maximum atomic E-state index is 12.5. The number of hydrogen-bond acceptors (Lipinski definition) is 4. The first-order chi connectivity index (χ1) is 12.2. The largest absolute Gasteiger partial charge is 0.445 e. The van der Waals surface area contributed by atoms with Crippen molar-refractivity contribution in [3.8, 4) is 0 Å². The molecule has 3 atom stereocenters. The summed E-state index contributed by atoms with van der Waals surface area (Å²) in [6, 6.07) is 9.61. The Morgan fingerprint density at radius 2 is 1.96 bits per heavy atom. The molecule has 1 aliphatic heterocycles. The lowest BCUT2D eigenvalue weighted by atomic mass is 9.62. The third-order valence-corrected chi connectivity index (χ3v) is 5.19. The first kappa shape index (κ1) is 18.5. The quantitative estimate of drug-likeness (QED) is 0.895. The molecule has 6 nitrogen and oxygen atoms in total. The zero-order chi connectivity index (χ0) is 18.9. The molecule has 0 aromatic heterocycles. The van der Waals surface area contributed by atoms with Crippen molar-refractivity contribution in [2.24, 2.45) is 11.8 Å². The molecule has 6 heteroatoms. The van der Waals surface area contributed by atoms with Crippen LogP contribution in [0.2, 0.25) is 0 Å². The van der Waals surface area contributed by atoms with Crippen molar-refractivity contribution >= 4 is 12.2 Å². The smallest absolute Gasteiger partial charge is 0.410 e. The normalized spacial score (nSPS) is 27.3. The number of alkyl carbamates (subject to hydrolysis) is 1. The summed E-state index contributed by atoms with van der Waals surface area (Å²) in [7, 11) is 0. The molecule has 2 fully saturated rings. The SMILES string of the molecule is C[C@H]1C[C@]2(NC(=O)OC(C)(C)C)CN(C(=O)OCc3ccccc3)C[C@H]12. The van der Waals surface area contributed by atoms with Gasteiger partial charge in [-0.1, -0.05) is 37.3 Å². The van der Waals surface area contributed by atoms with Crippen LogP contribution in [0.4, 0.5) is 9.59 Å².